The van der Waals surface area contributed by atoms with Gasteiger partial charge in [0.2, 0.25) is 0 Å². The Kier molecular flexibility index (Phi) is 3.54. The molecule has 0 fully saturated rings. The second-order valence-electron chi connectivity index (χ2n) is 3.32. The molecular formula is C12H12BrN3. The number of hydrogen-bond donors (Lipinski definition) is 1. The Balaban J connectivity index is 2.34. The molecule has 0 aliphatic rings. The molecule has 0 aliphatic heterocycles. The van der Waals surface area contributed by atoms with Crippen LogP contribution in [0.1, 0.15) is 5.56 Å². The Hall–Kier alpha value is -1.39. The number of rotatable bonds is 3. The van der Waals surface area contributed by atoms with Crippen LogP contribution in [0.5, 0.6) is 0 Å². The fourth-order valence-corrected chi connectivity index (χ4v) is 2.04. The van der Waals surface area contributed by atoms with Crippen molar-refractivity contribution in [3.05, 3.63) is 53.0 Å². The van der Waals surface area contributed by atoms with Gasteiger partial charge >= 0.3 is 0 Å². The molecule has 82 valence electrons. The molecular weight excluding hydrogens is 266 g/mol. The highest BCUT2D eigenvalue weighted by molar-refractivity contribution is 9.10. The van der Waals surface area contributed by atoms with E-state index in [2.05, 4.69) is 27.0 Å². The van der Waals surface area contributed by atoms with E-state index in [1.54, 1.807) is 12.5 Å². The summed E-state index contributed by atoms with van der Waals surface area (Å²) in [4.78, 5) is 4.02. The fraction of sp³-hybridized carbons (Fsp3) is 0.0833. The van der Waals surface area contributed by atoms with E-state index < -0.39 is 0 Å². The van der Waals surface area contributed by atoms with Crippen LogP contribution in [0.2, 0.25) is 0 Å². The van der Waals surface area contributed by atoms with E-state index in [1.807, 2.05) is 35.0 Å². The molecule has 0 aliphatic carbocycles. The SMILES string of the molecule is NC/C=C/c1ccc(-n2ccnc2)c(Br)c1. The van der Waals surface area contributed by atoms with Crippen LogP contribution in [0.4, 0.5) is 0 Å². The van der Waals surface area contributed by atoms with Gasteiger partial charge in [0.1, 0.15) is 0 Å². The summed E-state index contributed by atoms with van der Waals surface area (Å²) in [6, 6.07) is 6.15. The van der Waals surface area contributed by atoms with Gasteiger partial charge in [0.05, 0.1) is 12.0 Å². The lowest BCUT2D eigenvalue weighted by Gasteiger charge is -2.05. The lowest BCUT2D eigenvalue weighted by molar-refractivity contribution is 1.05. The average molecular weight is 278 g/mol. The Morgan fingerprint density at radius 1 is 1.44 bits per heavy atom. The van der Waals surface area contributed by atoms with Crippen molar-refractivity contribution < 1.29 is 0 Å². The third kappa shape index (κ3) is 2.40. The number of imidazole rings is 1. The summed E-state index contributed by atoms with van der Waals surface area (Å²) >= 11 is 3.55. The van der Waals surface area contributed by atoms with Gasteiger partial charge in [-0.05, 0) is 33.6 Å². The van der Waals surface area contributed by atoms with E-state index in [0.29, 0.717) is 6.54 Å². The van der Waals surface area contributed by atoms with Gasteiger partial charge < -0.3 is 10.3 Å². The van der Waals surface area contributed by atoms with E-state index in [0.717, 1.165) is 15.7 Å². The minimum Gasteiger partial charge on any atom is -0.327 e. The molecule has 0 saturated carbocycles. The standard InChI is InChI=1S/C12H12BrN3/c13-11-8-10(2-1-5-14)3-4-12(11)16-7-6-15-9-16/h1-4,6-9H,5,14H2/b2-1+. The first-order valence-electron chi connectivity index (χ1n) is 4.96. The van der Waals surface area contributed by atoms with Crippen LogP contribution < -0.4 is 5.73 Å². The Morgan fingerprint density at radius 2 is 2.31 bits per heavy atom. The van der Waals surface area contributed by atoms with E-state index in [9.17, 15) is 0 Å². The van der Waals surface area contributed by atoms with Crippen molar-refractivity contribution in [2.75, 3.05) is 6.54 Å². The smallest absolute Gasteiger partial charge is 0.0992 e. The monoisotopic (exact) mass is 277 g/mol. The van der Waals surface area contributed by atoms with Crippen molar-refractivity contribution in [2.24, 2.45) is 5.73 Å². The minimum atomic E-state index is 0.556. The quantitative estimate of drug-likeness (QED) is 0.937. The number of aromatic nitrogens is 2. The summed E-state index contributed by atoms with van der Waals surface area (Å²) < 4.78 is 2.99. The molecule has 0 radical (unpaired) electrons. The van der Waals surface area contributed by atoms with Gasteiger partial charge in [-0.25, -0.2) is 4.98 Å². The molecule has 4 heteroatoms. The molecule has 0 spiro atoms. The van der Waals surface area contributed by atoms with E-state index in [1.165, 1.54) is 0 Å². The minimum absolute atomic E-state index is 0.556. The number of nitrogens with two attached hydrogens (primary N) is 1. The zero-order valence-electron chi connectivity index (χ0n) is 8.68. The van der Waals surface area contributed by atoms with Crippen molar-refractivity contribution >= 4 is 22.0 Å². The summed E-state index contributed by atoms with van der Waals surface area (Å²) in [5.74, 6) is 0. The zero-order chi connectivity index (χ0) is 11.4. The molecule has 0 unspecified atom stereocenters. The zero-order valence-corrected chi connectivity index (χ0v) is 10.3. The highest BCUT2D eigenvalue weighted by Gasteiger charge is 2.01. The van der Waals surface area contributed by atoms with Crippen LogP contribution in [0.15, 0.2) is 47.5 Å². The highest BCUT2D eigenvalue weighted by Crippen LogP contribution is 2.22. The van der Waals surface area contributed by atoms with Crippen LogP contribution >= 0.6 is 15.9 Å². The van der Waals surface area contributed by atoms with Gasteiger partial charge in [0, 0.05) is 23.4 Å². The molecule has 0 amide bonds. The average Bonchev–Trinajstić information content (AvgIpc) is 2.80. The van der Waals surface area contributed by atoms with E-state index in [4.69, 9.17) is 5.73 Å². The molecule has 1 aromatic heterocycles. The molecule has 2 rings (SSSR count). The third-order valence-corrected chi connectivity index (χ3v) is 2.84. The number of benzene rings is 1. The summed E-state index contributed by atoms with van der Waals surface area (Å²) in [5.41, 5.74) is 7.61. The molecule has 2 N–H and O–H groups in total. The molecule has 2 aromatic rings. The predicted molar refractivity (Wildman–Crippen MR) is 69.4 cm³/mol. The molecule has 3 nitrogen and oxygen atoms in total. The van der Waals surface area contributed by atoms with Crippen molar-refractivity contribution in [3.63, 3.8) is 0 Å². The summed E-state index contributed by atoms with van der Waals surface area (Å²) in [6.07, 6.45) is 9.38. The van der Waals surface area contributed by atoms with Crippen molar-refractivity contribution in [1.29, 1.82) is 0 Å². The summed E-state index contributed by atoms with van der Waals surface area (Å²) in [5, 5.41) is 0. The highest BCUT2D eigenvalue weighted by atomic mass is 79.9. The Labute approximate surface area is 103 Å². The van der Waals surface area contributed by atoms with Crippen LogP contribution in [0, 0.1) is 0 Å². The number of hydrogen-bond acceptors (Lipinski definition) is 2. The molecule has 0 saturated heterocycles. The molecule has 0 atom stereocenters. The van der Waals surface area contributed by atoms with Crippen LogP contribution in [-0.4, -0.2) is 16.1 Å². The lowest BCUT2D eigenvalue weighted by atomic mass is 10.2. The molecule has 16 heavy (non-hydrogen) atoms. The van der Waals surface area contributed by atoms with Crippen molar-refractivity contribution in [2.45, 2.75) is 0 Å². The van der Waals surface area contributed by atoms with Crippen LogP contribution in [-0.2, 0) is 0 Å². The van der Waals surface area contributed by atoms with Gasteiger partial charge in [-0.1, -0.05) is 18.2 Å². The number of halogens is 1. The van der Waals surface area contributed by atoms with E-state index in [-0.39, 0.29) is 0 Å². The van der Waals surface area contributed by atoms with Gasteiger partial charge in [-0.15, -0.1) is 0 Å². The van der Waals surface area contributed by atoms with Gasteiger partial charge in [0.25, 0.3) is 0 Å². The molecule has 1 heterocycles. The topological polar surface area (TPSA) is 43.8 Å². The maximum Gasteiger partial charge on any atom is 0.0992 e. The third-order valence-electron chi connectivity index (χ3n) is 2.20. The van der Waals surface area contributed by atoms with Gasteiger partial charge in [0.15, 0.2) is 0 Å². The normalized spacial score (nSPS) is 11.1. The molecule has 1 aromatic carbocycles. The van der Waals surface area contributed by atoms with Gasteiger partial charge in [-0.3, -0.25) is 0 Å². The first-order valence-corrected chi connectivity index (χ1v) is 5.75. The second kappa shape index (κ2) is 5.09. The summed E-state index contributed by atoms with van der Waals surface area (Å²) in [6.45, 7) is 0.556. The largest absolute Gasteiger partial charge is 0.327 e. The molecule has 0 bridgehead atoms. The first-order chi connectivity index (χ1) is 7.81. The number of nitrogens with zero attached hydrogens (tertiary/aromatic N) is 2. The van der Waals surface area contributed by atoms with Crippen LogP contribution in [0.3, 0.4) is 0 Å². The maximum atomic E-state index is 5.41. The van der Waals surface area contributed by atoms with Crippen molar-refractivity contribution in [1.82, 2.24) is 9.55 Å². The second-order valence-corrected chi connectivity index (χ2v) is 4.17. The Morgan fingerprint density at radius 3 is 2.94 bits per heavy atom. The summed E-state index contributed by atoms with van der Waals surface area (Å²) in [7, 11) is 0. The van der Waals surface area contributed by atoms with Crippen LogP contribution in [0.25, 0.3) is 11.8 Å². The maximum absolute atomic E-state index is 5.41. The first kappa shape index (κ1) is 11.1. The van der Waals surface area contributed by atoms with E-state index >= 15 is 0 Å². The van der Waals surface area contributed by atoms with Crippen molar-refractivity contribution in [3.8, 4) is 5.69 Å². The fourth-order valence-electron chi connectivity index (χ4n) is 1.44. The lowest BCUT2D eigenvalue weighted by Crippen LogP contribution is -1.93. The Bertz CT molecular complexity index is 489. The predicted octanol–water partition coefficient (Wildman–Crippen LogP) is 2.61. The van der Waals surface area contributed by atoms with Gasteiger partial charge in [-0.2, -0.15) is 0 Å².